The molecule has 0 aliphatic heterocycles. The Balaban J connectivity index is 2.41. The average molecular weight is 231 g/mol. The highest BCUT2D eigenvalue weighted by Gasteiger charge is 2.35. The van der Waals surface area contributed by atoms with Crippen LogP contribution < -0.4 is 5.32 Å². The van der Waals surface area contributed by atoms with Gasteiger partial charge in [0.2, 0.25) is 0 Å². The van der Waals surface area contributed by atoms with Gasteiger partial charge in [0.05, 0.1) is 0 Å². The zero-order valence-corrected chi connectivity index (χ0v) is 11.8. The fraction of sp³-hybridized carbons (Fsp3) is 0.625. The Labute approximate surface area is 106 Å². The number of aryl methyl sites for hydroxylation is 2. The fourth-order valence-electron chi connectivity index (χ4n) is 3.24. The normalized spacial score (nSPS) is 27.2. The Morgan fingerprint density at radius 2 is 1.88 bits per heavy atom. The maximum Gasteiger partial charge on any atom is 0.0357 e. The lowest BCUT2D eigenvalue weighted by atomic mass is 9.94. The average Bonchev–Trinajstić information content (AvgIpc) is 2.51. The second-order valence-electron chi connectivity index (χ2n) is 5.66. The third-order valence-corrected chi connectivity index (χ3v) is 4.29. The topological polar surface area (TPSA) is 12.0 Å². The first-order valence-corrected chi connectivity index (χ1v) is 6.90. The highest BCUT2D eigenvalue weighted by atomic mass is 14.9. The van der Waals surface area contributed by atoms with E-state index in [0.29, 0.717) is 17.9 Å². The SMILES string of the molecule is CCCNC1c2c(C)cc(C)cc2C(C)C1C. The molecule has 1 aliphatic rings. The first-order chi connectivity index (χ1) is 8.06. The molecule has 0 bridgehead atoms. The molecule has 0 aromatic heterocycles. The van der Waals surface area contributed by atoms with Gasteiger partial charge in [0.15, 0.2) is 0 Å². The Morgan fingerprint density at radius 1 is 1.18 bits per heavy atom. The van der Waals surface area contributed by atoms with Gasteiger partial charge in [0.1, 0.15) is 0 Å². The summed E-state index contributed by atoms with van der Waals surface area (Å²) < 4.78 is 0. The Morgan fingerprint density at radius 3 is 2.53 bits per heavy atom. The molecule has 1 heteroatoms. The van der Waals surface area contributed by atoms with Gasteiger partial charge in [-0.1, -0.05) is 38.5 Å². The highest BCUT2D eigenvalue weighted by Crippen LogP contribution is 2.46. The summed E-state index contributed by atoms with van der Waals surface area (Å²) in [7, 11) is 0. The van der Waals surface area contributed by atoms with Gasteiger partial charge in [0.25, 0.3) is 0 Å². The van der Waals surface area contributed by atoms with E-state index in [1.54, 1.807) is 11.1 Å². The summed E-state index contributed by atoms with van der Waals surface area (Å²) in [6, 6.07) is 5.27. The monoisotopic (exact) mass is 231 g/mol. The highest BCUT2D eigenvalue weighted by molar-refractivity contribution is 5.46. The van der Waals surface area contributed by atoms with E-state index in [1.807, 2.05) is 0 Å². The molecule has 0 radical (unpaired) electrons. The molecular weight excluding hydrogens is 206 g/mol. The summed E-state index contributed by atoms with van der Waals surface area (Å²) in [5.74, 6) is 1.38. The molecule has 2 rings (SSSR count). The lowest BCUT2D eigenvalue weighted by Crippen LogP contribution is -2.25. The molecule has 0 saturated carbocycles. The molecule has 94 valence electrons. The van der Waals surface area contributed by atoms with E-state index in [4.69, 9.17) is 0 Å². The summed E-state index contributed by atoms with van der Waals surface area (Å²) in [5.41, 5.74) is 6.01. The van der Waals surface area contributed by atoms with Crippen molar-refractivity contribution in [3.05, 3.63) is 34.4 Å². The van der Waals surface area contributed by atoms with Crippen LogP contribution in [0.15, 0.2) is 12.1 Å². The minimum atomic E-state index is 0.556. The number of fused-ring (bicyclic) bond motifs is 1. The van der Waals surface area contributed by atoms with Gasteiger partial charge in [0, 0.05) is 6.04 Å². The molecule has 17 heavy (non-hydrogen) atoms. The van der Waals surface area contributed by atoms with Crippen molar-refractivity contribution in [3.8, 4) is 0 Å². The Kier molecular flexibility index (Phi) is 3.58. The first kappa shape index (κ1) is 12.6. The summed E-state index contributed by atoms with van der Waals surface area (Å²) in [6.07, 6.45) is 1.21. The van der Waals surface area contributed by atoms with Crippen LogP contribution >= 0.6 is 0 Å². The summed E-state index contributed by atoms with van der Waals surface area (Å²) in [6.45, 7) is 12.6. The van der Waals surface area contributed by atoms with Crippen molar-refractivity contribution in [1.29, 1.82) is 0 Å². The standard InChI is InChI=1S/C16H25N/c1-6-7-17-16-13(5)12(4)14-9-10(2)8-11(3)15(14)16/h8-9,12-13,16-17H,6-7H2,1-5H3. The molecule has 0 fully saturated rings. The van der Waals surface area contributed by atoms with Gasteiger partial charge in [-0.15, -0.1) is 0 Å². The Hall–Kier alpha value is -0.820. The summed E-state index contributed by atoms with van der Waals surface area (Å²) >= 11 is 0. The van der Waals surface area contributed by atoms with Crippen molar-refractivity contribution >= 4 is 0 Å². The molecule has 1 aliphatic carbocycles. The molecule has 0 saturated heterocycles. The van der Waals surface area contributed by atoms with Crippen molar-refractivity contribution in [1.82, 2.24) is 5.32 Å². The van der Waals surface area contributed by atoms with E-state index < -0.39 is 0 Å². The third-order valence-electron chi connectivity index (χ3n) is 4.29. The van der Waals surface area contributed by atoms with E-state index in [9.17, 15) is 0 Å². The third kappa shape index (κ3) is 2.13. The van der Waals surface area contributed by atoms with Crippen LogP contribution in [-0.2, 0) is 0 Å². The molecule has 0 heterocycles. The zero-order valence-electron chi connectivity index (χ0n) is 11.8. The summed E-state index contributed by atoms with van der Waals surface area (Å²) in [4.78, 5) is 0. The second-order valence-corrected chi connectivity index (χ2v) is 5.66. The molecule has 3 atom stereocenters. The van der Waals surface area contributed by atoms with E-state index in [-0.39, 0.29) is 0 Å². The summed E-state index contributed by atoms with van der Waals surface area (Å²) in [5, 5.41) is 3.73. The van der Waals surface area contributed by atoms with Gasteiger partial charge in [-0.05, 0) is 55.3 Å². The van der Waals surface area contributed by atoms with Gasteiger partial charge < -0.3 is 5.32 Å². The molecule has 3 unspecified atom stereocenters. The van der Waals surface area contributed by atoms with Crippen LogP contribution in [0.25, 0.3) is 0 Å². The van der Waals surface area contributed by atoms with Crippen LogP contribution in [0.2, 0.25) is 0 Å². The second kappa shape index (κ2) is 4.81. The number of hydrogen-bond acceptors (Lipinski definition) is 1. The minimum Gasteiger partial charge on any atom is -0.310 e. The number of rotatable bonds is 3. The Bertz CT molecular complexity index is 408. The van der Waals surface area contributed by atoms with Crippen molar-refractivity contribution in [2.75, 3.05) is 6.54 Å². The van der Waals surface area contributed by atoms with Crippen molar-refractivity contribution < 1.29 is 0 Å². The van der Waals surface area contributed by atoms with E-state index in [2.05, 4.69) is 52.1 Å². The molecule has 0 amide bonds. The van der Waals surface area contributed by atoms with Crippen LogP contribution in [0.4, 0.5) is 0 Å². The molecule has 1 nitrogen and oxygen atoms in total. The van der Waals surface area contributed by atoms with Crippen LogP contribution in [0.5, 0.6) is 0 Å². The molecule has 1 aromatic carbocycles. The van der Waals surface area contributed by atoms with E-state index in [1.165, 1.54) is 17.5 Å². The molecule has 1 aromatic rings. The van der Waals surface area contributed by atoms with E-state index in [0.717, 1.165) is 6.54 Å². The first-order valence-electron chi connectivity index (χ1n) is 6.90. The maximum absolute atomic E-state index is 3.73. The molecule has 0 spiro atoms. The lowest BCUT2D eigenvalue weighted by Gasteiger charge is -2.21. The fourth-order valence-corrected chi connectivity index (χ4v) is 3.24. The van der Waals surface area contributed by atoms with Gasteiger partial charge in [-0.2, -0.15) is 0 Å². The van der Waals surface area contributed by atoms with Crippen LogP contribution in [0.3, 0.4) is 0 Å². The molecule has 1 N–H and O–H groups in total. The number of benzene rings is 1. The van der Waals surface area contributed by atoms with Crippen LogP contribution in [0, 0.1) is 19.8 Å². The maximum atomic E-state index is 3.73. The predicted octanol–water partition coefficient (Wildman–Crippen LogP) is 4.10. The number of nitrogens with one attached hydrogen (secondary N) is 1. The predicted molar refractivity (Wildman–Crippen MR) is 74.5 cm³/mol. The van der Waals surface area contributed by atoms with Crippen molar-refractivity contribution in [3.63, 3.8) is 0 Å². The van der Waals surface area contributed by atoms with Crippen LogP contribution in [0.1, 0.15) is 61.4 Å². The van der Waals surface area contributed by atoms with E-state index >= 15 is 0 Å². The largest absolute Gasteiger partial charge is 0.310 e. The van der Waals surface area contributed by atoms with Crippen LogP contribution in [-0.4, -0.2) is 6.54 Å². The molecular formula is C16H25N. The zero-order chi connectivity index (χ0) is 12.6. The smallest absolute Gasteiger partial charge is 0.0357 e. The van der Waals surface area contributed by atoms with Crippen molar-refractivity contribution in [2.24, 2.45) is 5.92 Å². The minimum absolute atomic E-state index is 0.556. The number of hydrogen-bond donors (Lipinski definition) is 1. The van der Waals surface area contributed by atoms with Crippen molar-refractivity contribution in [2.45, 2.75) is 53.0 Å². The van der Waals surface area contributed by atoms with Gasteiger partial charge in [-0.3, -0.25) is 0 Å². The lowest BCUT2D eigenvalue weighted by molar-refractivity contribution is 0.380. The quantitative estimate of drug-likeness (QED) is 0.826. The van der Waals surface area contributed by atoms with Gasteiger partial charge in [-0.25, -0.2) is 0 Å². The van der Waals surface area contributed by atoms with Gasteiger partial charge >= 0.3 is 0 Å².